The van der Waals surface area contributed by atoms with Gasteiger partial charge < -0.3 is 30.4 Å². The SMILES string of the molecule is COc1cc(N=Nc2c(N)c(N=Nc3ccccc3S(=O)(=O)O)c(N)c(N=Nc3ccc(S(=O)O)cc3)c2C(=O)O)c(S(=O)(=O)O)cc1N=Nc1ccc(S(=O)O)cc1S(=O)(=O)O. The van der Waals surface area contributed by atoms with Gasteiger partial charge in [-0.3, -0.25) is 13.7 Å². The molecule has 0 radical (unpaired) electrons. The van der Waals surface area contributed by atoms with E-state index in [0.717, 1.165) is 37.4 Å². The minimum absolute atomic E-state index is 0.0138. The fourth-order valence-electron chi connectivity index (χ4n) is 5.04. The number of aromatic carboxylic acids is 1. The second-order valence-corrected chi connectivity index (χ2v) is 18.0. The third-order valence-electron chi connectivity index (χ3n) is 7.89. The average molecular weight is 967 g/mol. The van der Waals surface area contributed by atoms with Gasteiger partial charge in [-0.15, -0.1) is 35.8 Å². The minimum Gasteiger partial charge on any atom is -0.494 e. The molecule has 31 heteroatoms. The Hall–Kier alpha value is -6.68. The van der Waals surface area contributed by atoms with Crippen molar-refractivity contribution in [2.45, 2.75) is 24.5 Å². The van der Waals surface area contributed by atoms with Crippen molar-refractivity contribution >= 4 is 115 Å². The van der Waals surface area contributed by atoms with Crippen LogP contribution < -0.4 is 16.2 Å². The number of hydrogen-bond acceptors (Lipinski definition) is 20. The Morgan fingerprint density at radius 2 is 1.02 bits per heavy atom. The van der Waals surface area contributed by atoms with E-state index in [2.05, 4.69) is 40.9 Å². The first-order valence-corrected chi connectivity index (χ1v) is 22.8. The Balaban J connectivity index is 1.74. The molecule has 0 aliphatic rings. The highest BCUT2D eigenvalue weighted by Crippen LogP contribution is 2.50. The van der Waals surface area contributed by atoms with E-state index in [-0.39, 0.29) is 10.6 Å². The van der Waals surface area contributed by atoms with Crippen molar-refractivity contribution in [2.24, 2.45) is 40.9 Å². The summed E-state index contributed by atoms with van der Waals surface area (Å²) in [6.45, 7) is 0. The monoisotopic (exact) mass is 966 g/mol. The molecule has 0 saturated heterocycles. The Kier molecular flexibility index (Phi) is 14.1. The molecule has 0 aromatic heterocycles. The fraction of sp³-hybridized carbons (Fsp3) is 0.0312. The lowest BCUT2D eigenvalue weighted by atomic mass is 10.1. The van der Waals surface area contributed by atoms with Crippen LogP contribution in [0.25, 0.3) is 0 Å². The van der Waals surface area contributed by atoms with E-state index in [1.54, 1.807) is 0 Å². The van der Waals surface area contributed by atoms with Gasteiger partial charge in [0.25, 0.3) is 30.4 Å². The maximum Gasteiger partial charge on any atom is 0.340 e. The summed E-state index contributed by atoms with van der Waals surface area (Å²) in [4.78, 5) is 9.59. The largest absolute Gasteiger partial charge is 0.494 e. The molecule has 0 spiro atoms. The Bertz CT molecular complexity index is 3200. The van der Waals surface area contributed by atoms with Crippen molar-refractivity contribution in [2.75, 3.05) is 18.6 Å². The van der Waals surface area contributed by atoms with Crippen LogP contribution in [0.3, 0.4) is 0 Å². The summed E-state index contributed by atoms with van der Waals surface area (Å²) >= 11 is -5.05. The van der Waals surface area contributed by atoms with Crippen molar-refractivity contribution < 1.29 is 71.1 Å². The van der Waals surface area contributed by atoms with Crippen molar-refractivity contribution in [1.29, 1.82) is 0 Å². The van der Waals surface area contributed by atoms with Gasteiger partial charge in [-0.05, 0) is 60.7 Å². The molecule has 63 heavy (non-hydrogen) atoms. The van der Waals surface area contributed by atoms with Gasteiger partial charge in [-0.1, -0.05) is 12.1 Å². The molecule has 0 fully saturated rings. The summed E-state index contributed by atoms with van der Waals surface area (Å²) in [5, 5.41) is 40.9. The summed E-state index contributed by atoms with van der Waals surface area (Å²) in [5.41, 5.74) is 5.64. The smallest absolute Gasteiger partial charge is 0.340 e. The molecule has 0 aliphatic heterocycles. The number of hydrogen-bond donors (Lipinski definition) is 8. The molecular weight excluding hydrogens is 941 g/mol. The van der Waals surface area contributed by atoms with Gasteiger partial charge in [0.2, 0.25) is 0 Å². The first-order valence-electron chi connectivity index (χ1n) is 16.3. The van der Waals surface area contributed by atoms with Crippen molar-refractivity contribution in [3.63, 3.8) is 0 Å². The predicted octanol–water partition coefficient (Wildman–Crippen LogP) is 7.12. The van der Waals surface area contributed by atoms with Gasteiger partial charge in [-0.2, -0.15) is 30.4 Å². The van der Waals surface area contributed by atoms with Crippen LogP contribution in [0.2, 0.25) is 0 Å². The number of benzene rings is 5. The molecule has 0 amide bonds. The van der Waals surface area contributed by atoms with E-state index in [4.69, 9.17) is 16.2 Å². The van der Waals surface area contributed by atoms with E-state index in [1.807, 2.05) is 0 Å². The molecule has 26 nitrogen and oxygen atoms in total. The fourth-order valence-corrected chi connectivity index (χ4v) is 7.78. The standard InChI is InChI=1S/C32H26N10O16S5/c1-58-22-13-21(25(63(55,56)57)14-20(22)38-36-19-11-10-17(60(47)48)12-24(19)62(52,53)54)39-41-30-26(32(43)44)29(40-35-15-6-8-16(9-7-15)59(45)46)27(33)31(28(30)34)42-37-18-4-2-3-5-23(18)61(49,50)51/h2-14H,33-34H2,1H3,(H,43,44)(H,45,46)(H,47,48)(H,49,50,51)(H,52,53,54)(H,55,56,57). The van der Waals surface area contributed by atoms with Gasteiger partial charge in [0.1, 0.15) is 65.8 Å². The van der Waals surface area contributed by atoms with E-state index in [1.165, 1.54) is 36.4 Å². The van der Waals surface area contributed by atoms with Crippen LogP contribution in [0.15, 0.2) is 144 Å². The molecule has 0 bridgehead atoms. The lowest BCUT2D eigenvalue weighted by molar-refractivity contribution is 0.0698. The summed E-state index contributed by atoms with van der Waals surface area (Å²) in [6.07, 6.45) is 0. The number of nitrogens with zero attached hydrogens (tertiary/aromatic N) is 8. The van der Waals surface area contributed by atoms with Crippen molar-refractivity contribution in [3.8, 4) is 5.75 Å². The maximum atomic E-state index is 12.8. The highest BCUT2D eigenvalue weighted by atomic mass is 32.2. The number of carboxylic acids is 1. The summed E-state index contributed by atoms with van der Waals surface area (Å²) < 4.78 is 150. The number of carboxylic acid groups (broad SMARTS) is 1. The van der Waals surface area contributed by atoms with E-state index >= 15 is 0 Å². The van der Waals surface area contributed by atoms with Gasteiger partial charge in [0.05, 0.1) is 34.0 Å². The zero-order chi connectivity index (χ0) is 46.6. The zero-order valence-corrected chi connectivity index (χ0v) is 35.1. The second-order valence-electron chi connectivity index (χ2n) is 11.9. The molecule has 5 rings (SSSR count). The lowest BCUT2D eigenvalue weighted by Gasteiger charge is -2.13. The normalized spacial score (nSPS) is 13.6. The molecule has 2 atom stereocenters. The number of methoxy groups -OCH3 is 1. The highest BCUT2D eigenvalue weighted by Gasteiger charge is 2.28. The Labute approximate surface area is 359 Å². The van der Waals surface area contributed by atoms with Crippen LogP contribution in [-0.2, 0) is 52.5 Å². The molecule has 0 heterocycles. The number of ether oxygens (including phenoxy) is 1. The number of anilines is 2. The van der Waals surface area contributed by atoms with Gasteiger partial charge >= 0.3 is 5.97 Å². The van der Waals surface area contributed by atoms with Crippen LogP contribution in [0, 0.1) is 0 Å². The quantitative estimate of drug-likeness (QED) is 0.0224. The average Bonchev–Trinajstić information content (AvgIpc) is 3.20. The number of carbonyl (C=O) groups is 1. The van der Waals surface area contributed by atoms with Gasteiger partial charge in [-0.25, -0.2) is 13.2 Å². The lowest BCUT2D eigenvalue weighted by Crippen LogP contribution is -2.04. The van der Waals surface area contributed by atoms with Gasteiger partial charge in [0.15, 0.2) is 22.2 Å². The van der Waals surface area contributed by atoms with E-state index in [0.29, 0.717) is 12.1 Å². The first-order chi connectivity index (χ1) is 29.4. The summed E-state index contributed by atoms with van der Waals surface area (Å²) in [5.74, 6) is -2.24. The van der Waals surface area contributed by atoms with Gasteiger partial charge in [0, 0.05) is 6.07 Å². The molecular formula is C32H26N10O16S5. The molecule has 0 aliphatic carbocycles. The van der Waals surface area contributed by atoms with Crippen LogP contribution in [0.4, 0.5) is 56.9 Å². The topological polar surface area (TPSA) is 435 Å². The second kappa shape index (κ2) is 18.7. The molecule has 10 N–H and O–H groups in total. The molecule has 5 aromatic rings. The summed E-state index contributed by atoms with van der Waals surface area (Å²) in [6, 6.07) is 13.4. The highest BCUT2D eigenvalue weighted by molar-refractivity contribution is 7.86. The first kappa shape index (κ1) is 47.4. The van der Waals surface area contributed by atoms with E-state index < -0.39 is 141 Å². The third kappa shape index (κ3) is 11.0. The van der Waals surface area contributed by atoms with Crippen LogP contribution in [0.5, 0.6) is 5.75 Å². The van der Waals surface area contributed by atoms with Crippen molar-refractivity contribution in [1.82, 2.24) is 0 Å². The summed E-state index contributed by atoms with van der Waals surface area (Å²) in [7, 11) is -14.2. The van der Waals surface area contributed by atoms with Crippen molar-refractivity contribution in [3.05, 3.63) is 84.4 Å². The number of azo groups is 4. The zero-order valence-electron chi connectivity index (χ0n) is 31.0. The number of nitrogens with two attached hydrogens (primary N) is 2. The van der Waals surface area contributed by atoms with Crippen LogP contribution in [-0.4, -0.2) is 74.6 Å². The Morgan fingerprint density at radius 3 is 1.56 bits per heavy atom. The number of nitrogen functional groups attached to an aromatic ring is 2. The third-order valence-corrected chi connectivity index (χ3v) is 11.9. The van der Waals surface area contributed by atoms with E-state index in [9.17, 15) is 66.3 Å². The molecule has 0 saturated carbocycles. The molecule has 2 unspecified atom stereocenters. The molecule has 330 valence electrons. The Morgan fingerprint density at radius 1 is 0.556 bits per heavy atom. The minimum atomic E-state index is -5.33. The number of rotatable bonds is 15. The maximum absolute atomic E-state index is 12.8. The predicted molar refractivity (Wildman–Crippen MR) is 219 cm³/mol. The molecule has 5 aromatic carbocycles. The van der Waals surface area contributed by atoms with Crippen LogP contribution >= 0.6 is 0 Å². The van der Waals surface area contributed by atoms with Crippen LogP contribution in [0.1, 0.15) is 10.4 Å².